The monoisotopic (exact) mass is 555 g/mol. The van der Waals surface area contributed by atoms with Gasteiger partial charge in [0.05, 0.1) is 28.1 Å². The van der Waals surface area contributed by atoms with Crippen molar-refractivity contribution < 1.29 is 27.8 Å². The van der Waals surface area contributed by atoms with Crippen LogP contribution < -0.4 is 10.1 Å². The zero-order chi connectivity index (χ0) is 27.6. The average molecular weight is 556 g/mol. The van der Waals surface area contributed by atoms with Crippen molar-refractivity contribution in [3.8, 4) is 5.75 Å². The molecule has 0 saturated carbocycles. The van der Waals surface area contributed by atoms with Gasteiger partial charge in [-0.25, -0.2) is 18.6 Å². The smallest absolute Gasteiger partial charge is 0.410 e. The quantitative estimate of drug-likeness (QED) is 0.355. The maximum atomic E-state index is 14.9. The predicted molar refractivity (Wildman–Crippen MR) is 141 cm³/mol. The summed E-state index contributed by atoms with van der Waals surface area (Å²) in [6.45, 7) is 1.67. The Morgan fingerprint density at radius 3 is 2.72 bits per heavy atom. The average Bonchev–Trinajstić information content (AvgIpc) is 3.48. The molecule has 1 atom stereocenters. The lowest BCUT2D eigenvalue weighted by Crippen LogP contribution is -2.59. The van der Waals surface area contributed by atoms with E-state index in [0.29, 0.717) is 23.3 Å². The van der Waals surface area contributed by atoms with Crippen LogP contribution >= 0.6 is 11.3 Å². The number of carbonyl (C=O) groups is 2. The maximum Gasteiger partial charge on any atom is 0.410 e. The summed E-state index contributed by atoms with van der Waals surface area (Å²) in [7, 11) is 1.57. The van der Waals surface area contributed by atoms with Crippen LogP contribution in [0.4, 0.5) is 13.6 Å². The number of thiazole rings is 1. The van der Waals surface area contributed by atoms with E-state index in [1.54, 1.807) is 42.9 Å². The second-order valence-electron chi connectivity index (χ2n) is 9.32. The minimum atomic E-state index is -3.21. The molecule has 12 heteroatoms. The first kappa shape index (κ1) is 26.5. The Hall–Kier alpha value is -4.06. The molecule has 2 aromatic carbocycles. The Morgan fingerprint density at radius 2 is 1.97 bits per heavy atom. The van der Waals surface area contributed by atoms with Crippen LogP contribution in [0.15, 0.2) is 54.0 Å². The summed E-state index contributed by atoms with van der Waals surface area (Å²) < 4.78 is 42.3. The number of likely N-dealkylation sites (tertiary alicyclic amines) is 1. The third-order valence-corrected chi connectivity index (χ3v) is 7.54. The van der Waals surface area contributed by atoms with Gasteiger partial charge in [0.15, 0.2) is 0 Å². The van der Waals surface area contributed by atoms with Crippen molar-refractivity contribution in [2.45, 2.75) is 38.5 Å². The van der Waals surface area contributed by atoms with E-state index in [2.05, 4.69) is 15.4 Å². The highest BCUT2D eigenvalue weighted by molar-refractivity contribution is 7.09. The molecule has 3 heterocycles. The van der Waals surface area contributed by atoms with Gasteiger partial charge in [-0.15, -0.1) is 11.3 Å². The summed E-state index contributed by atoms with van der Waals surface area (Å²) in [6.07, 6.45) is -1.31. The minimum absolute atomic E-state index is 0.0254. The molecule has 5 rings (SSSR count). The standard InChI is InChI=1S/C27H27F2N5O4S/c1-17-22(39-16-30-17)15-37-19-8-9-21-20(12-19)24(33(2)32-21)25(35)31-23-13-34(11-10-27(23,28)29)26(36)38-14-18-6-4-3-5-7-18/h3-9,12,16,23H,10-11,13-15H2,1-2H3,(H,31,35). The van der Waals surface area contributed by atoms with Gasteiger partial charge in [-0.1, -0.05) is 30.3 Å². The molecular weight excluding hydrogens is 528 g/mol. The van der Waals surface area contributed by atoms with Crippen LogP contribution in [-0.4, -0.2) is 56.7 Å². The first-order valence-corrected chi connectivity index (χ1v) is 13.2. The number of aromatic nitrogens is 3. The summed E-state index contributed by atoms with van der Waals surface area (Å²) in [4.78, 5) is 32.3. The molecule has 1 fully saturated rings. The molecule has 1 unspecified atom stereocenters. The molecule has 1 aliphatic heterocycles. The van der Waals surface area contributed by atoms with Gasteiger partial charge in [-0.05, 0) is 30.7 Å². The molecule has 0 bridgehead atoms. The summed E-state index contributed by atoms with van der Waals surface area (Å²) in [5.41, 5.74) is 4.04. The molecule has 1 aliphatic rings. The number of hydrogen-bond acceptors (Lipinski definition) is 7. The Bertz CT molecular complexity index is 1490. The number of hydrogen-bond donors (Lipinski definition) is 1. The minimum Gasteiger partial charge on any atom is -0.488 e. The molecule has 0 spiro atoms. The van der Waals surface area contributed by atoms with Crippen LogP contribution in [0.1, 0.15) is 33.0 Å². The van der Waals surface area contributed by atoms with Crippen LogP contribution in [0.25, 0.3) is 10.9 Å². The fourth-order valence-electron chi connectivity index (χ4n) is 4.41. The molecule has 1 saturated heterocycles. The maximum absolute atomic E-state index is 14.9. The van der Waals surface area contributed by atoms with Crippen LogP contribution in [0, 0.1) is 6.92 Å². The number of amides is 2. The highest BCUT2D eigenvalue weighted by atomic mass is 32.1. The third-order valence-electron chi connectivity index (χ3n) is 6.63. The van der Waals surface area contributed by atoms with Crippen molar-refractivity contribution >= 4 is 34.2 Å². The van der Waals surface area contributed by atoms with E-state index in [9.17, 15) is 18.4 Å². The fraction of sp³-hybridized carbons (Fsp3) is 0.333. The van der Waals surface area contributed by atoms with Crippen LogP contribution in [0.5, 0.6) is 5.75 Å². The van der Waals surface area contributed by atoms with E-state index >= 15 is 0 Å². The topological polar surface area (TPSA) is 98.6 Å². The SMILES string of the molecule is Cc1ncsc1COc1ccc2nn(C)c(C(=O)NC3CN(C(=O)OCc4ccccc4)CCC3(F)F)c2c1. The second-order valence-corrected chi connectivity index (χ2v) is 10.3. The van der Waals surface area contributed by atoms with Crippen molar-refractivity contribution in [3.05, 3.63) is 75.9 Å². The lowest BCUT2D eigenvalue weighted by molar-refractivity contribution is -0.0782. The Labute approximate surface area is 227 Å². The molecule has 2 aromatic heterocycles. The number of alkyl halides is 2. The lowest BCUT2D eigenvalue weighted by Gasteiger charge is -2.38. The van der Waals surface area contributed by atoms with Gasteiger partial charge in [0, 0.05) is 25.4 Å². The van der Waals surface area contributed by atoms with Gasteiger partial charge in [0.25, 0.3) is 11.8 Å². The molecular formula is C27H27F2N5O4S. The van der Waals surface area contributed by atoms with Crippen molar-refractivity contribution in [3.63, 3.8) is 0 Å². The number of nitrogens with one attached hydrogen (secondary N) is 1. The number of benzene rings is 2. The van der Waals surface area contributed by atoms with Crippen LogP contribution in [-0.2, 0) is 25.0 Å². The summed E-state index contributed by atoms with van der Waals surface area (Å²) in [5.74, 6) is -3.42. The molecule has 2 amide bonds. The van der Waals surface area contributed by atoms with Crippen molar-refractivity contribution in [2.75, 3.05) is 13.1 Å². The van der Waals surface area contributed by atoms with Crippen molar-refractivity contribution in [1.29, 1.82) is 0 Å². The fourth-order valence-corrected chi connectivity index (χ4v) is 5.10. The van der Waals surface area contributed by atoms with E-state index in [1.165, 1.54) is 20.9 Å². The van der Waals surface area contributed by atoms with Gasteiger partial charge in [-0.2, -0.15) is 5.10 Å². The molecule has 9 nitrogen and oxygen atoms in total. The van der Waals surface area contributed by atoms with Crippen molar-refractivity contribution in [2.24, 2.45) is 7.05 Å². The number of rotatable bonds is 7. The highest BCUT2D eigenvalue weighted by Gasteiger charge is 2.46. The second kappa shape index (κ2) is 11.0. The van der Waals surface area contributed by atoms with Gasteiger partial charge in [0.1, 0.15) is 30.7 Å². The molecule has 0 radical (unpaired) electrons. The first-order valence-electron chi connectivity index (χ1n) is 12.3. The van der Waals surface area contributed by atoms with Gasteiger partial charge in [0.2, 0.25) is 0 Å². The zero-order valence-corrected chi connectivity index (χ0v) is 22.2. The number of aryl methyl sites for hydroxylation is 2. The molecule has 204 valence electrons. The van der Waals surface area contributed by atoms with Crippen LogP contribution in [0.2, 0.25) is 0 Å². The van der Waals surface area contributed by atoms with Crippen molar-refractivity contribution in [1.82, 2.24) is 25.0 Å². The number of piperidine rings is 1. The summed E-state index contributed by atoms with van der Waals surface area (Å²) in [6, 6.07) is 12.6. The van der Waals surface area contributed by atoms with E-state index in [0.717, 1.165) is 16.1 Å². The summed E-state index contributed by atoms with van der Waals surface area (Å²) in [5, 5.41) is 7.25. The highest BCUT2D eigenvalue weighted by Crippen LogP contribution is 2.30. The van der Waals surface area contributed by atoms with E-state index in [1.807, 2.05) is 25.1 Å². The molecule has 39 heavy (non-hydrogen) atoms. The Balaban J connectivity index is 1.29. The first-order chi connectivity index (χ1) is 18.7. The van der Waals surface area contributed by atoms with E-state index < -0.39 is 30.4 Å². The Morgan fingerprint density at radius 1 is 1.18 bits per heavy atom. The number of carbonyl (C=O) groups excluding carboxylic acids is 2. The molecule has 1 N–H and O–H groups in total. The number of nitrogens with zero attached hydrogens (tertiary/aromatic N) is 4. The van der Waals surface area contributed by atoms with Gasteiger partial charge < -0.3 is 19.7 Å². The summed E-state index contributed by atoms with van der Waals surface area (Å²) >= 11 is 1.48. The third kappa shape index (κ3) is 5.85. The lowest BCUT2D eigenvalue weighted by atomic mass is 10.0. The predicted octanol–water partition coefficient (Wildman–Crippen LogP) is 4.69. The number of ether oxygens (including phenoxy) is 2. The normalized spacial score (nSPS) is 16.7. The largest absolute Gasteiger partial charge is 0.488 e. The number of fused-ring (bicyclic) bond motifs is 1. The van der Waals surface area contributed by atoms with E-state index in [4.69, 9.17) is 9.47 Å². The van der Waals surface area contributed by atoms with E-state index in [-0.39, 0.29) is 25.4 Å². The van der Waals surface area contributed by atoms with Gasteiger partial charge in [-0.3, -0.25) is 9.48 Å². The van der Waals surface area contributed by atoms with Crippen LogP contribution in [0.3, 0.4) is 0 Å². The zero-order valence-electron chi connectivity index (χ0n) is 21.4. The Kier molecular flexibility index (Phi) is 7.47. The van der Waals surface area contributed by atoms with Gasteiger partial charge >= 0.3 is 6.09 Å². The molecule has 4 aromatic rings. The number of halogens is 2. The molecule has 0 aliphatic carbocycles.